The average molecular weight is 707 g/mol. The molecule has 1 unspecified atom stereocenters. The molecule has 0 saturated carbocycles. The number of carbonyl (C=O) groups is 3. The Morgan fingerprint density at radius 2 is 1.28 bits per heavy atom. The molecule has 3 N–H and O–H groups in total. The summed E-state index contributed by atoms with van der Waals surface area (Å²) >= 11 is 0. The number of carboxylic acids is 1. The van der Waals surface area contributed by atoms with E-state index in [0.29, 0.717) is 18.9 Å². The first-order valence-electron chi connectivity index (χ1n) is 19.2. The maximum absolute atomic E-state index is 11.7. The van der Waals surface area contributed by atoms with Crippen molar-refractivity contribution >= 4 is 23.9 Å². The standard InChI is InChI=1S/C23H48N2O.C15H20O3.C3H6O3/c1-4-5-6-7-8-9-10-11-12-13-14-15-16-17-18-20-23(26)24-21-19-22-25(2)3;1-12(2)10-11-18-15(16)9-6-13-4-7-14(17-3)8-5-13;1-2(4)3(5)6/h4-22H2,1-3H3,(H,24,26);4-9,12H,10-11H2,1-3H3;2,4H,1H3,(H,5,6). The number of aliphatic hydroxyl groups is 1. The number of aliphatic hydroxyl groups excluding tert-OH is 1. The summed E-state index contributed by atoms with van der Waals surface area (Å²) in [4.78, 5) is 34.7. The van der Waals surface area contributed by atoms with Gasteiger partial charge in [0.2, 0.25) is 5.91 Å². The van der Waals surface area contributed by atoms with Gasteiger partial charge in [0.1, 0.15) is 11.9 Å². The van der Waals surface area contributed by atoms with Crippen molar-refractivity contribution in [1.29, 1.82) is 0 Å². The summed E-state index contributed by atoms with van der Waals surface area (Å²) in [5.74, 6) is 0.0925. The Hall–Kier alpha value is -2.91. The molecule has 50 heavy (non-hydrogen) atoms. The van der Waals surface area contributed by atoms with Gasteiger partial charge in [0.05, 0.1) is 13.7 Å². The van der Waals surface area contributed by atoms with Crippen LogP contribution in [0.4, 0.5) is 0 Å². The molecule has 9 nitrogen and oxygen atoms in total. The minimum Gasteiger partial charge on any atom is -0.497 e. The van der Waals surface area contributed by atoms with E-state index in [1.807, 2.05) is 24.3 Å². The van der Waals surface area contributed by atoms with Crippen molar-refractivity contribution in [1.82, 2.24) is 10.2 Å². The highest BCUT2D eigenvalue weighted by Crippen LogP contribution is 2.14. The van der Waals surface area contributed by atoms with Gasteiger partial charge in [-0.3, -0.25) is 4.79 Å². The summed E-state index contributed by atoms with van der Waals surface area (Å²) in [5, 5.41) is 18.8. The molecule has 0 spiro atoms. The number of hydrogen-bond donors (Lipinski definition) is 3. The molecule has 0 aliphatic carbocycles. The van der Waals surface area contributed by atoms with Crippen LogP contribution in [0.1, 0.15) is 149 Å². The molecule has 1 atom stereocenters. The first-order chi connectivity index (χ1) is 23.9. The fourth-order valence-corrected chi connectivity index (χ4v) is 4.69. The molecule has 0 aliphatic rings. The lowest BCUT2D eigenvalue weighted by Crippen LogP contribution is -2.26. The quantitative estimate of drug-likeness (QED) is 0.0470. The van der Waals surface area contributed by atoms with Crippen molar-refractivity contribution in [2.45, 2.75) is 149 Å². The second-order valence-electron chi connectivity index (χ2n) is 13.7. The number of methoxy groups -OCH3 is 1. The number of aliphatic carboxylic acids is 1. The number of rotatable bonds is 27. The molecule has 0 fully saturated rings. The average Bonchev–Trinajstić information content (AvgIpc) is 3.08. The van der Waals surface area contributed by atoms with Gasteiger partial charge in [-0.15, -0.1) is 0 Å². The Kier molecular flexibility index (Phi) is 35.3. The molecule has 0 bridgehead atoms. The molecule has 0 aliphatic heterocycles. The SMILES string of the molecule is CC(O)C(=O)O.CCCCCCCCCCCCCCCCCC(=O)NCCCN(C)C.COc1ccc(C=CC(=O)OCCC(C)C)cc1. The zero-order valence-electron chi connectivity index (χ0n) is 32.9. The number of amides is 1. The van der Waals surface area contributed by atoms with Crippen LogP contribution in [0.5, 0.6) is 5.75 Å². The van der Waals surface area contributed by atoms with Crippen LogP contribution in [0.15, 0.2) is 30.3 Å². The third kappa shape index (κ3) is 37.9. The van der Waals surface area contributed by atoms with E-state index in [1.165, 1.54) is 103 Å². The molecule has 1 aromatic rings. The van der Waals surface area contributed by atoms with Crippen molar-refractivity contribution in [3.05, 3.63) is 35.9 Å². The number of benzene rings is 1. The topological polar surface area (TPSA) is 125 Å². The lowest BCUT2D eigenvalue weighted by Gasteiger charge is -2.09. The molecule has 290 valence electrons. The highest BCUT2D eigenvalue weighted by molar-refractivity contribution is 5.87. The van der Waals surface area contributed by atoms with Gasteiger partial charge in [-0.1, -0.05) is 123 Å². The van der Waals surface area contributed by atoms with Crippen LogP contribution in [0.3, 0.4) is 0 Å². The van der Waals surface area contributed by atoms with E-state index < -0.39 is 12.1 Å². The second-order valence-corrected chi connectivity index (χ2v) is 13.7. The predicted molar refractivity (Wildman–Crippen MR) is 207 cm³/mol. The van der Waals surface area contributed by atoms with Crippen molar-refractivity contribution in [3.63, 3.8) is 0 Å². The third-order valence-electron chi connectivity index (χ3n) is 7.94. The molecule has 1 rings (SSSR count). The molecule has 0 aromatic heterocycles. The van der Waals surface area contributed by atoms with Crippen molar-refractivity contribution in [3.8, 4) is 5.75 Å². The third-order valence-corrected chi connectivity index (χ3v) is 7.94. The number of carboxylic acid groups (broad SMARTS) is 1. The molecule has 1 aromatic carbocycles. The Morgan fingerprint density at radius 3 is 1.70 bits per heavy atom. The van der Waals surface area contributed by atoms with Gasteiger partial charge in [0.15, 0.2) is 0 Å². The Balaban J connectivity index is 0. The minimum absolute atomic E-state index is 0.235. The van der Waals surface area contributed by atoms with Gasteiger partial charge >= 0.3 is 11.9 Å². The van der Waals surface area contributed by atoms with E-state index >= 15 is 0 Å². The van der Waals surface area contributed by atoms with Crippen molar-refractivity contribution in [2.24, 2.45) is 5.92 Å². The van der Waals surface area contributed by atoms with Crippen LogP contribution in [0.25, 0.3) is 6.08 Å². The number of hydrogen-bond acceptors (Lipinski definition) is 7. The number of esters is 1. The van der Waals surface area contributed by atoms with Gasteiger partial charge in [-0.25, -0.2) is 9.59 Å². The number of nitrogens with one attached hydrogen (secondary N) is 1. The van der Waals surface area contributed by atoms with Gasteiger partial charge in [0.25, 0.3) is 0 Å². The van der Waals surface area contributed by atoms with Crippen LogP contribution in [-0.4, -0.2) is 80.0 Å². The van der Waals surface area contributed by atoms with Crippen LogP contribution < -0.4 is 10.1 Å². The lowest BCUT2D eigenvalue weighted by molar-refractivity contribution is -0.145. The van der Waals surface area contributed by atoms with E-state index in [9.17, 15) is 14.4 Å². The largest absolute Gasteiger partial charge is 0.497 e. The van der Waals surface area contributed by atoms with Crippen LogP contribution in [0.2, 0.25) is 0 Å². The Morgan fingerprint density at radius 1 is 0.800 bits per heavy atom. The summed E-state index contributed by atoms with van der Waals surface area (Å²) < 4.78 is 10.1. The van der Waals surface area contributed by atoms with Crippen LogP contribution >= 0.6 is 0 Å². The molecule has 9 heteroatoms. The summed E-state index contributed by atoms with van der Waals surface area (Å²) in [6.07, 6.45) is 25.1. The van der Waals surface area contributed by atoms with Crippen molar-refractivity contribution in [2.75, 3.05) is 40.9 Å². The summed E-state index contributed by atoms with van der Waals surface area (Å²) in [7, 11) is 5.76. The highest BCUT2D eigenvalue weighted by atomic mass is 16.5. The summed E-state index contributed by atoms with van der Waals surface area (Å²) in [6.45, 7) is 10.0. The minimum atomic E-state index is -1.23. The van der Waals surface area contributed by atoms with Gasteiger partial charge < -0.3 is 29.9 Å². The maximum Gasteiger partial charge on any atom is 0.332 e. The van der Waals surface area contributed by atoms with Gasteiger partial charge in [-0.2, -0.15) is 0 Å². The monoisotopic (exact) mass is 707 g/mol. The fraction of sp³-hybridized carbons (Fsp3) is 0.732. The van der Waals surface area contributed by atoms with Crippen LogP contribution in [0, 0.1) is 5.92 Å². The van der Waals surface area contributed by atoms with Gasteiger partial charge in [0, 0.05) is 19.0 Å². The van der Waals surface area contributed by atoms with Crippen molar-refractivity contribution < 1.29 is 34.1 Å². The lowest BCUT2D eigenvalue weighted by atomic mass is 10.0. The Bertz CT molecular complexity index is 962. The molecular weight excluding hydrogens is 632 g/mol. The Labute approximate surface area is 305 Å². The zero-order chi connectivity index (χ0) is 37.8. The molecule has 0 heterocycles. The smallest absolute Gasteiger partial charge is 0.332 e. The highest BCUT2D eigenvalue weighted by Gasteiger charge is 2.03. The molecular formula is C41H74N2O7. The normalized spacial score (nSPS) is 11.4. The predicted octanol–water partition coefficient (Wildman–Crippen LogP) is 9.07. The van der Waals surface area contributed by atoms with Gasteiger partial charge in [-0.05, 0) is 76.5 Å². The first-order valence-corrected chi connectivity index (χ1v) is 19.2. The van der Waals surface area contributed by atoms with Crippen LogP contribution in [-0.2, 0) is 19.1 Å². The number of carbonyl (C=O) groups excluding carboxylic acids is 2. The van der Waals surface area contributed by atoms with E-state index in [4.69, 9.17) is 19.7 Å². The molecule has 1 amide bonds. The van der Waals surface area contributed by atoms with E-state index in [0.717, 1.165) is 43.7 Å². The fourth-order valence-electron chi connectivity index (χ4n) is 4.69. The maximum atomic E-state index is 11.7. The number of nitrogens with zero attached hydrogens (tertiary/aromatic N) is 1. The zero-order valence-corrected chi connectivity index (χ0v) is 32.9. The second kappa shape index (κ2) is 35.9. The summed E-state index contributed by atoms with van der Waals surface area (Å²) in [6, 6.07) is 7.47. The molecule has 0 radical (unpaired) electrons. The first kappa shape index (κ1) is 49.2. The number of unbranched alkanes of at least 4 members (excludes halogenated alkanes) is 14. The van der Waals surface area contributed by atoms with E-state index in [-0.39, 0.29) is 11.9 Å². The van der Waals surface area contributed by atoms with E-state index in [2.05, 4.69) is 45.1 Å². The van der Waals surface area contributed by atoms with E-state index in [1.54, 1.807) is 13.2 Å². The summed E-state index contributed by atoms with van der Waals surface area (Å²) in [5.41, 5.74) is 0.941. The number of ether oxygens (including phenoxy) is 2. The molecule has 0 saturated heterocycles.